The van der Waals surface area contributed by atoms with Crippen LogP contribution in [0.1, 0.15) is 13.3 Å². The minimum absolute atomic E-state index is 0.200. The van der Waals surface area contributed by atoms with Gasteiger partial charge in [0, 0.05) is 10.9 Å². The molecule has 15 heavy (non-hydrogen) atoms. The van der Waals surface area contributed by atoms with Gasteiger partial charge in [-0.1, -0.05) is 22.9 Å². The molecule has 1 aromatic carbocycles. The van der Waals surface area contributed by atoms with Crippen molar-refractivity contribution in [1.82, 2.24) is 0 Å². The van der Waals surface area contributed by atoms with E-state index < -0.39 is 0 Å². The van der Waals surface area contributed by atoms with Gasteiger partial charge in [0.25, 0.3) is 0 Å². The first-order chi connectivity index (χ1) is 7.22. The third kappa shape index (κ3) is 4.83. The highest BCUT2D eigenvalue weighted by Crippen LogP contribution is 2.15. The van der Waals surface area contributed by atoms with Crippen LogP contribution in [0.15, 0.2) is 28.7 Å². The average molecular weight is 273 g/mol. The van der Waals surface area contributed by atoms with Gasteiger partial charge in [0.1, 0.15) is 19.0 Å². The van der Waals surface area contributed by atoms with Crippen LogP contribution in [0.25, 0.3) is 0 Å². The minimum atomic E-state index is -0.200. The van der Waals surface area contributed by atoms with E-state index in [0.717, 1.165) is 10.2 Å². The molecule has 4 heteroatoms. The van der Waals surface area contributed by atoms with Crippen LogP contribution in [0, 0.1) is 0 Å². The Kier molecular flexibility index (Phi) is 5.18. The van der Waals surface area contributed by atoms with E-state index in [9.17, 15) is 4.79 Å². The maximum atomic E-state index is 10.8. The van der Waals surface area contributed by atoms with Crippen molar-refractivity contribution < 1.29 is 14.3 Å². The van der Waals surface area contributed by atoms with E-state index in [0.29, 0.717) is 19.6 Å². The molecule has 0 fully saturated rings. The second-order valence-corrected chi connectivity index (χ2v) is 3.79. The maximum absolute atomic E-state index is 10.8. The number of ether oxygens (including phenoxy) is 2. The molecule has 0 aliphatic rings. The number of hydrogen-bond acceptors (Lipinski definition) is 3. The molecule has 0 amide bonds. The normalized spacial score (nSPS) is 9.73. The monoisotopic (exact) mass is 272 g/mol. The largest absolute Gasteiger partial charge is 0.490 e. The topological polar surface area (TPSA) is 35.5 Å². The lowest BCUT2D eigenvalue weighted by Crippen LogP contribution is -2.11. The van der Waals surface area contributed by atoms with Crippen LogP contribution in [0.4, 0.5) is 0 Å². The summed E-state index contributed by atoms with van der Waals surface area (Å²) in [7, 11) is 0. The number of benzene rings is 1. The third-order valence-corrected chi connectivity index (χ3v) is 2.25. The van der Waals surface area contributed by atoms with Crippen molar-refractivity contribution in [2.45, 2.75) is 13.3 Å². The molecule has 0 saturated carbocycles. The van der Waals surface area contributed by atoms with E-state index in [2.05, 4.69) is 15.9 Å². The first kappa shape index (κ1) is 12.0. The minimum Gasteiger partial charge on any atom is -0.490 e. The zero-order chi connectivity index (χ0) is 11.1. The van der Waals surface area contributed by atoms with E-state index in [-0.39, 0.29) is 5.97 Å². The van der Waals surface area contributed by atoms with Gasteiger partial charge in [0.05, 0.1) is 0 Å². The standard InChI is InChI=1S/C11H13BrO3/c1-2-11(13)15-8-7-14-10-5-3-9(12)4-6-10/h3-6H,2,7-8H2,1H3. The van der Waals surface area contributed by atoms with E-state index in [1.54, 1.807) is 6.92 Å². The fraction of sp³-hybridized carbons (Fsp3) is 0.364. The molecule has 0 heterocycles. The van der Waals surface area contributed by atoms with Gasteiger partial charge in [-0.05, 0) is 24.3 Å². The second kappa shape index (κ2) is 6.45. The van der Waals surface area contributed by atoms with Crippen LogP contribution in [0.2, 0.25) is 0 Å². The SMILES string of the molecule is CCC(=O)OCCOc1ccc(Br)cc1. The molecule has 1 aromatic rings. The highest BCUT2D eigenvalue weighted by molar-refractivity contribution is 9.10. The summed E-state index contributed by atoms with van der Waals surface area (Å²) in [6.07, 6.45) is 0.401. The van der Waals surface area contributed by atoms with Crippen LogP contribution in [0.5, 0.6) is 5.75 Å². The van der Waals surface area contributed by atoms with E-state index in [4.69, 9.17) is 9.47 Å². The fourth-order valence-electron chi connectivity index (χ4n) is 0.948. The molecule has 0 aliphatic carbocycles. The Morgan fingerprint density at radius 2 is 1.93 bits per heavy atom. The molecule has 0 atom stereocenters. The molecule has 0 spiro atoms. The number of rotatable bonds is 5. The number of carbonyl (C=O) groups is 1. The molecule has 0 saturated heterocycles. The highest BCUT2D eigenvalue weighted by atomic mass is 79.9. The molecule has 82 valence electrons. The summed E-state index contributed by atoms with van der Waals surface area (Å²) in [6, 6.07) is 7.50. The molecule has 0 aromatic heterocycles. The van der Waals surface area contributed by atoms with Gasteiger partial charge >= 0.3 is 5.97 Å². The smallest absolute Gasteiger partial charge is 0.305 e. The zero-order valence-electron chi connectivity index (χ0n) is 8.53. The molecule has 1 rings (SSSR count). The van der Waals surface area contributed by atoms with Crippen molar-refractivity contribution in [3.63, 3.8) is 0 Å². The van der Waals surface area contributed by atoms with Crippen molar-refractivity contribution in [3.8, 4) is 5.75 Å². The van der Waals surface area contributed by atoms with Crippen LogP contribution < -0.4 is 4.74 Å². The zero-order valence-corrected chi connectivity index (χ0v) is 10.1. The van der Waals surface area contributed by atoms with Gasteiger partial charge < -0.3 is 9.47 Å². The van der Waals surface area contributed by atoms with E-state index in [1.165, 1.54) is 0 Å². The first-order valence-electron chi connectivity index (χ1n) is 4.76. The Bertz CT molecular complexity index is 308. The summed E-state index contributed by atoms with van der Waals surface area (Å²) in [5.41, 5.74) is 0. The second-order valence-electron chi connectivity index (χ2n) is 2.88. The van der Waals surface area contributed by atoms with Gasteiger partial charge in [-0.15, -0.1) is 0 Å². The molecular formula is C11H13BrO3. The van der Waals surface area contributed by atoms with Crippen molar-refractivity contribution in [3.05, 3.63) is 28.7 Å². The van der Waals surface area contributed by atoms with Gasteiger partial charge in [0.15, 0.2) is 0 Å². The summed E-state index contributed by atoms with van der Waals surface area (Å²) in [5, 5.41) is 0. The quantitative estimate of drug-likeness (QED) is 0.611. The van der Waals surface area contributed by atoms with Crippen LogP contribution in [-0.4, -0.2) is 19.2 Å². The Labute approximate surface area is 97.5 Å². The van der Waals surface area contributed by atoms with Gasteiger partial charge in [-0.3, -0.25) is 4.79 Å². The Morgan fingerprint density at radius 1 is 1.27 bits per heavy atom. The average Bonchev–Trinajstić information content (AvgIpc) is 2.26. The van der Waals surface area contributed by atoms with Crippen molar-refractivity contribution in [2.75, 3.05) is 13.2 Å². The maximum Gasteiger partial charge on any atom is 0.305 e. The summed E-state index contributed by atoms with van der Waals surface area (Å²) in [6.45, 7) is 2.44. The predicted octanol–water partition coefficient (Wildman–Crippen LogP) is 2.78. The molecule has 0 N–H and O–H groups in total. The molecular weight excluding hydrogens is 260 g/mol. The molecule has 0 radical (unpaired) electrons. The summed E-state index contributed by atoms with van der Waals surface area (Å²) in [5.74, 6) is 0.570. The molecule has 0 bridgehead atoms. The van der Waals surface area contributed by atoms with Crippen LogP contribution >= 0.6 is 15.9 Å². The first-order valence-corrected chi connectivity index (χ1v) is 5.55. The lowest BCUT2D eigenvalue weighted by Gasteiger charge is -2.06. The van der Waals surface area contributed by atoms with Gasteiger partial charge in [0.2, 0.25) is 0 Å². The number of halogens is 1. The van der Waals surface area contributed by atoms with Crippen molar-refractivity contribution in [1.29, 1.82) is 0 Å². The predicted molar refractivity (Wildman–Crippen MR) is 60.9 cm³/mol. The molecule has 0 unspecified atom stereocenters. The molecule has 3 nitrogen and oxygen atoms in total. The lowest BCUT2D eigenvalue weighted by atomic mass is 10.3. The lowest BCUT2D eigenvalue weighted by molar-refractivity contribution is -0.143. The Balaban J connectivity index is 2.20. The third-order valence-electron chi connectivity index (χ3n) is 1.72. The van der Waals surface area contributed by atoms with Crippen LogP contribution in [0.3, 0.4) is 0 Å². The fourth-order valence-corrected chi connectivity index (χ4v) is 1.21. The van der Waals surface area contributed by atoms with Gasteiger partial charge in [-0.2, -0.15) is 0 Å². The van der Waals surface area contributed by atoms with Gasteiger partial charge in [-0.25, -0.2) is 0 Å². The number of hydrogen-bond donors (Lipinski definition) is 0. The van der Waals surface area contributed by atoms with Crippen LogP contribution in [-0.2, 0) is 9.53 Å². The Hall–Kier alpha value is -1.03. The summed E-state index contributed by atoms with van der Waals surface area (Å²) in [4.78, 5) is 10.8. The number of esters is 1. The highest BCUT2D eigenvalue weighted by Gasteiger charge is 1.98. The van der Waals surface area contributed by atoms with Crippen molar-refractivity contribution >= 4 is 21.9 Å². The van der Waals surface area contributed by atoms with E-state index >= 15 is 0 Å². The van der Waals surface area contributed by atoms with Crippen molar-refractivity contribution in [2.24, 2.45) is 0 Å². The molecule has 0 aliphatic heterocycles. The summed E-state index contributed by atoms with van der Waals surface area (Å²) >= 11 is 3.33. The summed E-state index contributed by atoms with van der Waals surface area (Å²) < 4.78 is 11.2. The Morgan fingerprint density at radius 3 is 2.53 bits per heavy atom. The van der Waals surface area contributed by atoms with E-state index in [1.807, 2.05) is 24.3 Å². The number of carbonyl (C=O) groups excluding carboxylic acids is 1.